The van der Waals surface area contributed by atoms with Crippen molar-refractivity contribution in [2.45, 2.75) is 143 Å². The number of allylic oxidation sites excluding steroid dienone is 1. The number of esters is 2. The van der Waals surface area contributed by atoms with Gasteiger partial charge in [0.2, 0.25) is 0 Å². The van der Waals surface area contributed by atoms with Crippen molar-refractivity contribution in [1.82, 2.24) is 0 Å². The molecule has 0 saturated heterocycles. The Morgan fingerprint density at radius 3 is 1.61 bits per heavy atom. The van der Waals surface area contributed by atoms with Gasteiger partial charge in [0.1, 0.15) is 6.61 Å². The summed E-state index contributed by atoms with van der Waals surface area (Å²) in [5.41, 5.74) is 1.16. The minimum absolute atomic E-state index is 0.0866. The van der Waals surface area contributed by atoms with Gasteiger partial charge in [0.05, 0.1) is 18.8 Å². The van der Waals surface area contributed by atoms with Gasteiger partial charge in [-0.05, 0) is 88.5 Å². The van der Waals surface area contributed by atoms with Crippen LogP contribution in [0.15, 0.2) is 11.6 Å². The highest BCUT2D eigenvalue weighted by Gasteiger charge is 2.36. The maximum Gasteiger partial charge on any atom is 0.306 e. The summed E-state index contributed by atoms with van der Waals surface area (Å²) in [6, 6.07) is 0. The standard InChI is InChI=1S/C17H30O3.C15H28O3/c1-4-5-6-7-15-14(8-9-16(15)18)12-17(19)20-11-10-13(2)3;1-3-5-6-7-13-12(8-9-14(13)16)11-15(17)18-10-4-2/h10,14-16,18H,4-9,11-12H2,1-3H3;12-14,16H,3-11H2,1-2H3. The molecule has 2 rings (SSSR count). The topological polar surface area (TPSA) is 93.1 Å². The van der Waals surface area contributed by atoms with Crippen molar-refractivity contribution in [1.29, 1.82) is 0 Å². The number of hydrogen-bond donors (Lipinski definition) is 2. The number of carbonyl (C=O) groups is 2. The van der Waals surface area contributed by atoms with Crippen LogP contribution in [-0.2, 0) is 19.1 Å². The van der Waals surface area contributed by atoms with Crippen LogP contribution < -0.4 is 0 Å². The molecule has 0 radical (unpaired) electrons. The molecular formula is C32H58O6. The maximum absolute atomic E-state index is 11.8. The molecule has 0 aromatic carbocycles. The molecule has 2 aliphatic carbocycles. The van der Waals surface area contributed by atoms with Crippen molar-refractivity contribution in [3.63, 3.8) is 0 Å². The lowest BCUT2D eigenvalue weighted by atomic mass is 9.87. The summed E-state index contributed by atoms with van der Waals surface area (Å²) in [6.07, 6.45) is 16.2. The third-order valence-corrected chi connectivity index (χ3v) is 8.21. The zero-order chi connectivity index (χ0) is 28.3. The maximum atomic E-state index is 11.8. The number of aliphatic hydroxyl groups is 2. The van der Waals surface area contributed by atoms with E-state index in [-0.39, 0.29) is 30.1 Å². The van der Waals surface area contributed by atoms with Crippen molar-refractivity contribution >= 4 is 11.9 Å². The van der Waals surface area contributed by atoms with Crippen LogP contribution in [-0.4, -0.2) is 47.6 Å². The second kappa shape index (κ2) is 20.5. The Kier molecular flexibility index (Phi) is 18.7. The van der Waals surface area contributed by atoms with Gasteiger partial charge in [-0.3, -0.25) is 9.59 Å². The molecule has 6 heteroatoms. The summed E-state index contributed by atoms with van der Waals surface area (Å²) >= 11 is 0. The minimum Gasteiger partial charge on any atom is -0.466 e. The van der Waals surface area contributed by atoms with Gasteiger partial charge >= 0.3 is 11.9 Å². The minimum atomic E-state index is -0.220. The van der Waals surface area contributed by atoms with Crippen molar-refractivity contribution in [3.05, 3.63) is 11.6 Å². The number of ether oxygens (including phenoxy) is 2. The van der Waals surface area contributed by atoms with Gasteiger partial charge < -0.3 is 19.7 Å². The lowest BCUT2D eigenvalue weighted by Crippen LogP contribution is -2.22. The van der Waals surface area contributed by atoms with Crippen LogP contribution in [0, 0.1) is 23.7 Å². The van der Waals surface area contributed by atoms with Gasteiger partial charge in [0.25, 0.3) is 0 Å². The molecule has 2 saturated carbocycles. The van der Waals surface area contributed by atoms with Gasteiger partial charge in [-0.15, -0.1) is 0 Å². The fraction of sp³-hybridized carbons (Fsp3) is 0.875. The zero-order valence-electron chi connectivity index (χ0n) is 25.1. The van der Waals surface area contributed by atoms with Gasteiger partial charge in [-0.25, -0.2) is 0 Å². The predicted molar refractivity (Wildman–Crippen MR) is 154 cm³/mol. The number of hydrogen-bond acceptors (Lipinski definition) is 6. The van der Waals surface area contributed by atoms with Crippen molar-refractivity contribution in [3.8, 4) is 0 Å². The molecule has 6 unspecified atom stereocenters. The van der Waals surface area contributed by atoms with E-state index in [9.17, 15) is 19.8 Å². The first-order valence-electron chi connectivity index (χ1n) is 15.5. The Labute approximate surface area is 232 Å². The highest BCUT2D eigenvalue weighted by molar-refractivity contribution is 5.70. The normalized spacial score (nSPS) is 26.4. The molecular weight excluding hydrogens is 480 g/mol. The fourth-order valence-electron chi connectivity index (χ4n) is 5.94. The molecule has 2 N–H and O–H groups in total. The van der Waals surface area contributed by atoms with Crippen LogP contribution in [0.2, 0.25) is 0 Å². The Balaban J connectivity index is 0.000000382. The van der Waals surface area contributed by atoms with E-state index in [0.29, 0.717) is 43.8 Å². The van der Waals surface area contributed by atoms with Crippen LogP contribution in [0.1, 0.15) is 131 Å². The summed E-state index contributed by atoms with van der Waals surface area (Å²) in [6.45, 7) is 11.2. The Bertz CT molecular complexity index is 671. The molecule has 0 bridgehead atoms. The Morgan fingerprint density at radius 1 is 0.711 bits per heavy atom. The first-order valence-corrected chi connectivity index (χ1v) is 15.5. The second-order valence-corrected chi connectivity index (χ2v) is 11.7. The van der Waals surface area contributed by atoms with Gasteiger partial charge in [-0.2, -0.15) is 0 Å². The van der Waals surface area contributed by atoms with Crippen LogP contribution in [0.5, 0.6) is 0 Å². The number of rotatable bonds is 16. The lowest BCUT2D eigenvalue weighted by Gasteiger charge is -2.21. The summed E-state index contributed by atoms with van der Waals surface area (Å²) in [5, 5.41) is 20.1. The molecule has 2 aliphatic rings. The average Bonchev–Trinajstić information content (AvgIpc) is 3.39. The van der Waals surface area contributed by atoms with E-state index in [1.807, 2.05) is 26.8 Å². The Hall–Kier alpha value is -1.40. The summed E-state index contributed by atoms with van der Waals surface area (Å²) in [4.78, 5) is 23.5. The van der Waals surface area contributed by atoms with Crippen LogP contribution in [0.3, 0.4) is 0 Å². The molecule has 0 aromatic rings. The fourth-order valence-corrected chi connectivity index (χ4v) is 5.94. The molecule has 2 fully saturated rings. The first kappa shape index (κ1) is 34.6. The van der Waals surface area contributed by atoms with Crippen molar-refractivity contribution < 1.29 is 29.3 Å². The average molecular weight is 539 g/mol. The quantitative estimate of drug-likeness (QED) is 0.123. The molecule has 0 amide bonds. The van der Waals surface area contributed by atoms with E-state index in [1.54, 1.807) is 0 Å². The number of unbranched alkanes of at least 4 members (excludes halogenated alkanes) is 4. The molecule has 0 aliphatic heterocycles. The van der Waals surface area contributed by atoms with Gasteiger partial charge in [0.15, 0.2) is 0 Å². The van der Waals surface area contributed by atoms with Crippen LogP contribution >= 0.6 is 0 Å². The van der Waals surface area contributed by atoms with E-state index in [0.717, 1.165) is 56.9 Å². The van der Waals surface area contributed by atoms with Crippen molar-refractivity contribution in [2.24, 2.45) is 23.7 Å². The van der Waals surface area contributed by atoms with E-state index in [2.05, 4.69) is 13.8 Å². The number of aliphatic hydroxyl groups excluding tert-OH is 2. The third kappa shape index (κ3) is 14.1. The predicted octanol–water partition coefficient (Wildman–Crippen LogP) is 7.15. The molecule has 0 spiro atoms. The number of carbonyl (C=O) groups excluding carboxylic acids is 2. The zero-order valence-corrected chi connectivity index (χ0v) is 25.1. The monoisotopic (exact) mass is 538 g/mol. The van der Waals surface area contributed by atoms with Crippen LogP contribution in [0.4, 0.5) is 0 Å². The molecule has 38 heavy (non-hydrogen) atoms. The Morgan fingerprint density at radius 2 is 1.18 bits per heavy atom. The van der Waals surface area contributed by atoms with E-state index in [1.165, 1.54) is 32.1 Å². The molecule has 222 valence electrons. The summed E-state index contributed by atoms with van der Waals surface area (Å²) in [7, 11) is 0. The van der Waals surface area contributed by atoms with Crippen LogP contribution in [0.25, 0.3) is 0 Å². The SMILES string of the molecule is CCCCCC1C(O)CCC1CC(=O)OCC=C(C)C.CCCCCC1C(O)CCC1CC(=O)OCCC. The van der Waals surface area contributed by atoms with Gasteiger partial charge in [-0.1, -0.05) is 64.9 Å². The largest absolute Gasteiger partial charge is 0.466 e. The smallest absolute Gasteiger partial charge is 0.306 e. The summed E-state index contributed by atoms with van der Waals surface area (Å²) in [5.74, 6) is 1.03. The highest BCUT2D eigenvalue weighted by Crippen LogP contribution is 2.39. The molecule has 6 nitrogen and oxygen atoms in total. The third-order valence-electron chi connectivity index (χ3n) is 8.21. The molecule has 6 atom stereocenters. The highest BCUT2D eigenvalue weighted by atomic mass is 16.5. The van der Waals surface area contributed by atoms with Crippen molar-refractivity contribution in [2.75, 3.05) is 13.2 Å². The van der Waals surface area contributed by atoms with E-state index in [4.69, 9.17) is 9.47 Å². The second-order valence-electron chi connectivity index (χ2n) is 11.7. The van der Waals surface area contributed by atoms with E-state index < -0.39 is 0 Å². The molecule has 0 heterocycles. The summed E-state index contributed by atoms with van der Waals surface area (Å²) < 4.78 is 10.4. The van der Waals surface area contributed by atoms with E-state index >= 15 is 0 Å². The van der Waals surface area contributed by atoms with Gasteiger partial charge in [0, 0.05) is 12.8 Å². The lowest BCUT2D eigenvalue weighted by molar-refractivity contribution is -0.145. The first-order chi connectivity index (χ1) is 18.2. The molecule has 0 aromatic heterocycles.